The van der Waals surface area contributed by atoms with Crippen LogP contribution in [-0.4, -0.2) is 32.1 Å². The maximum Gasteiger partial charge on any atom is 0.347 e. The molecule has 0 aliphatic carbocycles. The molecule has 1 fully saturated rings. The van der Waals surface area contributed by atoms with Gasteiger partial charge in [0.2, 0.25) is 5.91 Å². The first-order chi connectivity index (χ1) is 13.2. The first kappa shape index (κ1) is 17.3. The molecule has 2 heterocycles. The van der Waals surface area contributed by atoms with Crippen LogP contribution in [0.2, 0.25) is 0 Å². The molecule has 6 nitrogen and oxygen atoms in total. The van der Waals surface area contributed by atoms with Crippen LogP contribution in [0.5, 0.6) is 0 Å². The number of aromatic amines is 1. The topological polar surface area (TPSA) is 71.0 Å². The molecule has 0 spiro atoms. The fourth-order valence-corrected chi connectivity index (χ4v) is 3.65. The van der Waals surface area contributed by atoms with Gasteiger partial charge >= 0.3 is 5.69 Å². The lowest BCUT2D eigenvalue weighted by atomic mass is 10.1. The quantitative estimate of drug-likeness (QED) is 0.758. The first-order valence-corrected chi connectivity index (χ1v) is 9.24. The van der Waals surface area contributed by atoms with Crippen molar-refractivity contribution in [1.82, 2.24) is 19.7 Å². The highest BCUT2D eigenvalue weighted by Crippen LogP contribution is 2.28. The van der Waals surface area contributed by atoms with Crippen LogP contribution in [0.25, 0.3) is 5.69 Å². The van der Waals surface area contributed by atoms with Crippen molar-refractivity contribution in [2.45, 2.75) is 32.2 Å². The van der Waals surface area contributed by atoms with Crippen molar-refractivity contribution < 1.29 is 4.79 Å². The molecule has 0 radical (unpaired) electrons. The molecular weight excluding hydrogens is 340 g/mol. The van der Waals surface area contributed by atoms with E-state index in [1.165, 1.54) is 0 Å². The van der Waals surface area contributed by atoms with Crippen molar-refractivity contribution in [3.05, 3.63) is 82.0 Å². The lowest BCUT2D eigenvalue weighted by Crippen LogP contribution is -2.25. The third-order valence-electron chi connectivity index (χ3n) is 5.07. The average Bonchev–Trinajstić information content (AvgIpc) is 3.25. The second-order valence-electron chi connectivity index (χ2n) is 6.91. The van der Waals surface area contributed by atoms with Gasteiger partial charge in [-0.25, -0.2) is 14.5 Å². The van der Waals surface area contributed by atoms with E-state index in [1.807, 2.05) is 59.5 Å². The maximum absolute atomic E-state index is 12.5. The second kappa shape index (κ2) is 7.23. The molecule has 0 bridgehead atoms. The van der Waals surface area contributed by atoms with Crippen molar-refractivity contribution in [3.8, 4) is 5.69 Å². The molecule has 1 saturated heterocycles. The summed E-state index contributed by atoms with van der Waals surface area (Å²) in [6.45, 7) is 3.22. The Labute approximate surface area is 157 Å². The third kappa shape index (κ3) is 3.43. The Kier molecular flexibility index (Phi) is 4.62. The number of carbonyl (C=O) groups is 1. The summed E-state index contributed by atoms with van der Waals surface area (Å²) in [6, 6.07) is 17.8. The molecule has 1 aromatic heterocycles. The van der Waals surface area contributed by atoms with Crippen LogP contribution in [0.3, 0.4) is 0 Å². The van der Waals surface area contributed by atoms with E-state index in [4.69, 9.17) is 0 Å². The van der Waals surface area contributed by atoms with E-state index < -0.39 is 0 Å². The van der Waals surface area contributed by atoms with Crippen LogP contribution in [0.15, 0.2) is 59.4 Å². The number of H-pyrrole nitrogens is 1. The zero-order valence-electron chi connectivity index (χ0n) is 15.3. The number of nitrogens with one attached hydrogen (secondary N) is 1. The number of amides is 1. The average molecular weight is 362 g/mol. The van der Waals surface area contributed by atoms with Gasteiger partial charge in [-0.2, -0.15) is 5.10 Å². The van der Waals surface area contributed by atoms with Crippen molar-refractivity contribution in [1.29, 1.82) is 0 Å². The molecule has 2 aromatic carbocycles. The van der Waals surface area contributed by atoms with Gasteiger partial charge in [-0.05, 0) is 29.7 Å². The highest BCUT2D eigenvalue weighted by Gasteiger charge is 2.34. The number of aromatic nitrogens is 3. The fourth-order valence-electron chi connectivity index (χ4n) is 3.65. The van der Waals surface area contributed by atoms with Gasteiger partial charge in [0.25, 0.3) is 0 Å². The third-order valence-corrected chi connectivity index (χ3v) is 5.07. The molecule has 1 aliphatic heterocycles. The summed E-state index contributed by atoms with van der Waals surface area (Å²) in [5, 5.41) is 6.81. The van der Waals surface area contributed by atoms with Crippen LogP contribution < -0.4 is 5.69 Å². The van der Waals surface area contributed by atoms with Gasteiger partial charge < -0.3 is 4.90 Å². The van der Waals surface area contributed by atoms with Crippen LogP contribution in [-0.2, 0) is 17.8 Å². The van der Waals surface area contributed by atoms with Crippen molar-refractivity contribution in [3.63, 3.8) is 0 Å². The number of carbonyl (C=O) groups excluding carboxylic acids is 1. The molecular formula is C21H22N4O2. The largest absolute Gasteiger partial charge is 0.347 e. The Bertz CT molecular complexity index is 1010. The van der Waals surface area contributed by atoms with E-state index in [-0.39, 0.29) is 17.5 Å². The monoisotopic (exact) mass is 362 g/mol. The summed E-state index contributed by atoms with van der Waals surface area (Å²) in [4.78, 5) is 26.8. The Morgan fingerprint density at radius 2 is 1.85 bits per heavy atom. The van der Waals surface area contributed by atoms with Crippen LogP contribution in [0.4, 0.5) is 0 Å². The van der Waals surface area contributed by atoms with E-state index in [0.717, 1.165) is 23.2 Å². The lowest BCUT2D eigenvalue weighted by Gasteiger charge is -2.17. The molecule has 0 saturated carbocycles. The maximum atomic E-state index is 12.5. The SMILES string of the molecule is CCc1cccc(-n2c(C3CC(=O)N(Cc4ccccc4)C3)n[nH]c2=O)c1. The number of benzene rings is 2. The highest BCUT2D eigenvalue weighted by molar-refractivity contribution is 5.79. The van der Waals surface area contributed by atoms with E-state index in [2.05, 4.69) is 17.1 Å². The summed E-state index contributed by atoms with van der Waals surface area (Å²) < 4.78 is 1.60. The molecule has 6 heteroatoms. The van der Waals surface area contributed by atoms with Crippen LogP contribution in [0, 0.1) is 0 Å². The molecule has 1 N–H and O–H groups in total. The van der Waals surface area contributed by atoms with Crippen molar-refractivity contribution in [2.75, 3.05) is 6.54 Å². The van der Waals surface area contributed by atoms with Gasteiger partial charge in [-0.3, -0.25) is 4.79 Å². The molecule has 3 aromatic rings. The summed E-state index contributed by atoms with van der Waals surface area (Å²) in [6.07, 6.45) is 1.26. The number of nitrogens with zero attached hydrogens (tertiary/aromatic N) is 3. The van der Waals surface area contributed by atoms with Gasteiger partial charge in [0.05, 0.1) is 5.69 Å². The number of hydrogen-bond acceptors (Lipinski definition) is 3. The number of hydrogen-bond donors (Lipinski definition) is 1. The van der Waals surface area contributed by atoms with Crippen LogP contribution in [0.1, 0.15) is 36.2 Å². The minimum atomic E-state index is -0.271. The molecule has 138 valence electrons. The zero-order chi connectivity index (χ0) is 18.8. The summed E-state index contributed by atoms with van der Waals surface area (Å²) >= 11 is 0. The van der Waals surface area contributed by atoms with E-state index in [0.29, 0.717) is 25.3 Å². The molecule has 27 heavy (non-hydrogen) atoms. The van der Waals surface area contributed by atoms with Crippen molar-refractivity contribution in [2.24, 2.45) is 0 Å². The predicted octanol–water partition coefficient (Wildman–Crippen LogP) is 2.64. The summed E-state index contributed by atoms with van der Waals surface area (Å²) in [5.41, 5.74) is 2.77. The fraction of sp³-hybridized carbons (Fsp3) is 0.286. The Hall–Kier alpha value is -3.15. The van der Waals surface area contributed by atoms with Crippen LogP contribution >= 0.6 is 0 Å². The lowest BCUT2D eigenvalue weighted by molar-refractivity contribution is -0.128. The van der Waals surface area contributed by atoms with Gasteiger partial charge in [0.15, 0.2) is 0 Å². The normalized spacial score (nSPS) is 16.9. The van der Waals surface area contributed by atoms with Gasteiger partial charge in [-0.15, -0.1) is 0 Å². The number of rotatable bonds is 5. The second-order valence-corrected chi connectivity index (χ2v) is 6.91. The minimum absolute atomic E-state index is 0.0909. The first-order valence-electron chi connectivity index (χ1n) is 9.24. The minimum Gasteiger partial charge on any atom is -0.338 e. The smallest absolute Gasteiger partial charge is 0.338 e. The molecule has 1 atom stereocenters. The Morgan fingerprint density at radius 1 is 1.07 bits per heavy atom. The molecule has 4 rings (SSSR count). The zero-order valence-corrected chi connectivity index (χ0v) is 15.3. The molecule has 1 unspecified atom stereocenters. The Morgan fingerprint density at radius 3 is 2.63 bits per heavy atom. The highest BCUT2D eigenvalue weighted by atomic mass is 16.2. The summed E-state index contributed by atoms with van der Waals surface area (Å²) in [5.74, 6) is 0.607. The molecule has 1 amide bonds. The van der Waals surface area contributed by atoms with E-state index in [1.54, 1.807) is 4.57 Å². The van der Waals surface area contributed by atoms with Gasteiger partial charge in [-0.1, -0.05) is 49.4 Å². The Balaban J connectivity index is 1.61. The molecule has 1 aliphatic rings. The standard InChI is InChI=1S/C21H22N4O2/c1-2-15-9-6-10-18(11-15)25-20(22-23-21(25)27)17-12-19(26)24(14-17)13-16-7-4-3-5-8-16/h3-11,17H,2,12-14H2,1H3,(H,23,27). The number of aryl methyl sites for hydroxylation is 1. The summed E-state index contributed by atoms with van der Waals surface area (Å²) in [7, 11) is 0. The van der Waals surface area contributed by atoms with E-state index in [9.17, 15) is 9.59 Å². The number of likely N-dealkylation sites (tertiary alicyclic amines) is 1. The van der Waals surface area contributed by atoms with Crippen molar-refractivity contribution >= 4 is 5.91 Å². The predicted molar refractivity (Wildman–Crippen MR) is 103 cm³/mol. The van der Waals surface area contributed by atoms with Gasteiger partial charge in [0.1, 0.15) is 5.82 Å². The van der Waals surface area contributed by atoms with E-state index >= 15 is 0 Å². The van der Waals surface area contributed by atoms with Gasteiger partial charge in [0, 0.05) is 25.4 Å².